The molecule has 0 bridgehead atoms. The predicted molar refractivity (Wildman–Crippen MR) is 82.3 cm³/mol. The molecule has 3 rings (SSSR count). The molecule has 2 N–H and O–H groups in total. The number of halogens is 3. The van der Waals surface area contributed by atoms with Gasteiger partial charge in [0.15, 0.2) is 0 Å². The lowest BCUT2D eigenvalue weighted by molar-refractivity contribution is -0.145. The summed E-state index contributed by atoms with van der Waals surface area (Å²) in [7, 11) is 1.50. The number of aromatic nitrogens is 2. The summed E-state index contributed by atoms with van der Waals surface area (Å²) in [5.41, 5.74) is 0.230. The number of ether oxygens (including phenoxy) is 1. The summed E-state index contributed by atoms with van der Waals surface area (Å²) in [6.07, 6.45) is -4.41. The van der Waals surface area contributed by atoms with E-state index < -0.39 is 17.6 Å². The second kappa shape index (κ2) is 6.40. The molecule has 0 saturated carbocycles. The Bertz CT molecular complexity index is 849. The van der Waals surface area contributed by atoms with Gasteiger partial charge >= 0.3 is 6.18 Å². The molecular formula is C16H16F3N3O3. The third-order valence-corrected chi connectivity index (χ3v) is 4.10. The fourth-order valence-electron chi connectivity index (χ4n) is 2.82. The number of benzene rings is 1. The number of fused-ring (bicyclic) bond motifs is 1. The number of rotatable bonds is 3. The van der Waals surface area contributed by atoms with Crippen molar-refractivity contribution in [3.63, 3.8) is 0 Å². The Balaban J connectivity index is 1.86. The average Bonchev–Trinajstić information content (AvgIpc) is 2.55. The normalized spacial score (nSPS) is 15.0. The number of aromatic hydroxyl groups is 1. The van der Waals surface area contributed by atoms with Crippen molar-refractivity contribution < 1.29 is 23.0 Å². The monoisotopic (exact) mass is 355 g/mol. The van der Waals surface area contributed by atoms with Crippen LogP contribution in [0.25, 0.3) is 0 Å². The topological polar surface area (TPSA) is 78.5 Å². The van der Waals surface area contributed by atoms with E-state index in [0.717, 1.165) is 0 Å². The molecule has 9 heteroatoms. The Morgan fingerprint density at radius 3 is 2.84 bits per heavy atom. The lowest BCUT2D eigenvalue weighted by atomic mass is 10.1. The molecule has 0 atom stereocenters. The summed E-state index contributed by atoms with van der Waals surface area (Å²) in [6, 6.07) is 4.77. The van der Waals surface area contributed by atoms with E-state index in [9.17, 15) is 23.1 Å². The molecule has 6 nitrogen and oxygen atoms in total. The van der Waals surface area contributed by atoms with Gasteiger partial charge in [-0.15, -0.1) is 0 Å². The third kappa shape index (κ3) is 3.60. The molecular weight excluding hydrogens is 339 g/mol. The lowest BCUT2D eigenvalue weighted by Crippen LogP contribution is -2.36. The summed E-state index contributed by atoms with van der Waals surface area (Å²) < 4.78 is 43.6. The van der Waals surface area contributed by atoms with Gasteiger partial charge in [-0.1, -0.05) is 0 Å². The average molecular weight is 355 g/mol. The number of phenolic OH excluding ortho intramolecular Hbond substituents is 1. The molecule has 1 aromatic carbocycles. The van der Waals surface area contributed by atoms with E-state index in [-0.39, 0.29) is 23.6 Å². The zero-order valence-corrected chi connectivity index (χ0v) is 13.4. The van der Waals surface area contributed by atoms with Gasteiger partial charge in [0.2, 0.25) is 5.82 Å². The first kappa shape index (κ1) is 17.3. The third-order valence-electron chi connectivity index (χ3n) is 4.10. The maximum absolute atomic E-state index is 12.8. The minimum absolute atomic E-state index is 0.0708. The predicted octanol–water partition coefficient (Wildman–Crippen LogP) is 2.06. The van der Waals surface area contributed by atoms with Crippen molar-refractivity contribution in [3.05, 3.63) is 51.2 Å². The molecule has 1 aromatic heterocycles. The number of hydrogen-bond donors (Lipinski definition) is 2. The summed E-state index contributed by atoms with van der Waals surface area (Å²) in [5.74, 6) is -0.650. The molecule has 2 aromatic rings. The van der Waals surface area contributed by atoms with Crippen molar-refractivity contribution in [3.8, 4) is 11.5 Å². The van der Waals surface area contributed by atoms with Crippen molar-refractivity contribution in [2.24, 2.45) is 0 Å². The molecule has 1 aliphatic rings. The van der Waals surface area contributed by atoms with Crippen LogP contribution in [0.1, 0.15) is 22.6 Å². The molecule has 0 radical (unpaired) electrons. The summed E-state index contributed by atoms with van der Waals surface area (Å²) >= 11 is 0. The Morgan fingerprint density at radius 2 is 2.16 bits per heavy atom. The number of nitrogens with zero attached hydrogens (tertiary/aromatic N) is 2. The first-order valence-electron chi connectivity index (χ1n) is 7.55. The van der Waals surface area contributed by atoms with Gasteiger partial charge in [0.1, 0.15) is 11.5 Å². The number of nitrogens with one attached hydrogen (secondary N) is 1. The number of aromatic amines is 1. The van der Waals surface area contributed by atoms with Crippen molar-refractivity contribution in [2.75, 3.05) is 13.7 Å². The zero-order chi connectivity index (χ0) is 18.2. The highest BCUT2D eigenvalue weighted by atomic mass is 19.4. The largest absolute Gasteiger partial charge is 0.508 e. The highest BCUT2D eigenvalue weighted by Crippen LogP contribution is 2.28. The smallest absolute Gasteiger partial charge is 0.449 e. The van der Waals surface area contributed by atoms with E-state index in [2.05, 4.69) is 4.98 Å². The minimum Gasteiger partial charge on any atom is -0.508 e. The van der Waals surface area contributed by atoms with Crippen LogP contribution in [0, 0.1) is 0 Å². The van der Waals surface area contributed by atoms with Crippen LogP contribution in [-0.2, 0) is 25.7 Å². The molecule has 25 heavy (non-hydrogen) atoms. The van der Waals surface area contributed by atoms with Crippen LogP contribution in [0.4, 0.5) is 13.2 Å². The molecule has 0 unspecified atom stereocenters. The summed E-state index contributed by atoms with van der Waals surface area (Å²) in [4.78, 5) is 19.1. The van der Waals surface area contributed by atoms with E-state index in [4.69, 9.17) is 4.74 Å². The van der Waals surface area contributed by atoms with E-state index in [1.807, 2.05) is 4.90 Å². The Kier molecular flexibility index (Phi) is 4.42. The van der Waals surface area contributed by atoms with Gasteiger partial charge in [0.05, 0.1) is 12.8 Å². The second-order valence-electron chi connectivity index (χ2n) is 5.79. The van der Waals surface area contributed by atoms with Gasteiger partial charge in [-0.2, -0.15) is 13.2 Å². The van der Waals surface area contributed by atoms with E-state index >= 15 is 0 Å². The number of alkyl halides is 3. The fourth-order valence-corrected chi connectivity index (χ4v) is 2.82. The molecule has 134 valence electrons. The standard InChI is InChI=1S/C16H16F3N3O3/c1-25-10-2-3-13(23)9(6-10)7-22-5-4-11-12(8-22)20-15(16(17,18)19)21-14(11)24/h2-3,6,23H,4-5,7-8H2,1H3,(H,20,21,24). The Morgan fingerprint density at radius 1 is 1.40 bits per heavy atom. The lowest BCUT2D eigenvalue weighted by Gasteiger charge is -2.28. The van der Waals surface area contributed by atoms with Crippen LogP contribution in [0.2, 0.25) is 0 Å². The molecule has 0 saturated heterocycles. The quantitative estimate of drug-likeness (QED) is 0.881. The molecule has 2 heterocycles. The summed E-state index contributed by atoms with van der Waals surface area (Å²) in [5, 5.41) is 9.95. The van der Waals surface area contributed by atoms with Gasteiger partial charge < -0.3 is 14.8 Å². The van der Waals surface area contributed by atoms with Crippen molar-refractivity contribution >= 4 is 0 Å². The highest BCUT2D eigenvalue weighted by molar-refractivity contribution is 5.39. The highest BCUT2D eigenvalue weighted by Gasteiger charge is 2.36. The van der Waals surface area contributed by atoms with Gasteiger partial charge in [0, 0.05) is 30.8 Å². The van der Waals surface area contributed by atoms with Crippen LogP contribution in [0.3, 0.4) is 0 Å². The molecule has 0 aliphatic carbocycles. The Labute approximate surface area is 140 Å². The van der Waals surface area contributed by atoms with Gasteiger partial charge in [-0.05, 0) is 24.6 Å². The van der Waals surface area contributed by atoms with Crippen LogP contribution in [-0.4, -0.2) is 33.6 Å². The molecule has 1 aliphatic heterocycles. The number of methoxy groups -OCH3 is 1. The molecule has 0 spiro atoms. The minimum atomic E-state index is -4.71. The molecule has 0 amide bonds. The van der Waals surface area contributed by atoms with Crippen LogP contribution in [0.5, 0.6) is 11.5 Å². The van der Waals surface area contributed by atoms with Crippen molar-refractivity contribution in [1.82, 2.24) is 14.9 Å². The summed E-state index contributed by atoms with van der Waals surface area (Å²) in [6.45, 7) is 0.872. The maximum atomic E-state index is 12.8. The number of hydrogen-bond acceptors (Lipinski definition) is 5. The van der Waals surface area contributed by atoms with Crippen LogP contribution < -0.4 is 10.3 Å². The van der Waals surface area contributed by atoms with Gasteiger partial charge in [-0.3, -0.25) is 9.69 Å². The van der Waals surface area contributed by atoms with Gasteiger partial charge in [-0.25, -0.2) is 4.98 Å². The van der Waals surface area contributed by atoms with Crippen LogP contribution in [0.15, 0.2) is 23.0 Å². The fraction of sp³-hybridized carbons (Fsp3) is 0.375. The first-order valence-corrected chi connectivity index (χ1v) is 7.55. The van der Waals surface area contributed by atoms with Crippen molar-refractivity contribution in [1.29, 1.82) is 0 Å². The van der Waals surface area contributed by atoms with Gasteiger partial charge in [0.25, 0.3) is 5.56 Å². The van der Waals surface area contributed by atoms with E-state index in [1.54, 1.807) is 17.1 Å². The second-order valence-corrected chi connectivity index (χ2v) is 5.79. The first-order chi connectivity index (χ1) is 11.8. The number of phenols is 1. The number of H-pyrrole nitrogens is 1. The van der Waals surface area contributed by atoms with E-state index in [1.165, 1.54) is 13.2 Å². The van der Waals surface area contributed by atoms with Crippen molar-refractivity contribution in [2.45, 2.75) is 25.7 Å². The van der Waals surface area contributed by atoms with E-state index in [0.29, 0.717) is 30.8 Å². The Hall–Kier alpha value is -2.55. The maximum Gasteiger partial charge on any atom is 0.449 e. The SMILES string of the molecule is COc1ccc(O)c(CN2CCc3c(nc(C(F)(F)F)[nH]c3=O)C2)c1. The molecule has 0 fully saturated rings. The zero-order valence-electron chi connectivity index (χ0n) is 13.4. The van der Waals surface area contributed by atoms with Crippen LogP contribution >= 0.6 is 0 Å².